The average Bonchev–Trinajstić information content (AvgIpc) is 2.36. The second-order valence-electron chi connectivity index (χ2n) is 5.65. The van der Waals surface area contributed by atoms with Crippen LogP contribution in [-0.4, -0.2) is 14.7 Å². The minimum Gasteiger partial charge on any atom is -0.284 e. The molecule has 0 aromatic heterocycles. The summed E-state index contributed by atoms with van der Waals surface area (Å²) < 4.78 is 25.3. The summed E-state index contributed by atoms with van der Waals surface area (Å²) in [5.41, 5.74) is 5.27. The number of rotatable bonds is 4. The third kappa shape index (κ3) is 3.85. The zero-order valence-corrected chi connectivity index (χ0v) is 13.7. The highest BCUT2D eigenvalue weighted by Gasteiger charge is 2.12. The number of sulfonamides is 1. The molecule has 0 aliphatic carbocycles. The molecule has 2 aromatic carbocycles. The van der Waals surface area contributed by atoms with Gasteiger partial charge in [0.05, 0.1) is 6.26 Å². The first-order chi connectivity index (χ1) is 9.78. The number of hydrogen-bond donors (Lipinski definition) is 1. The van der Waals surface area contributed by atoms with Crippen LogP contribution in [0.2, 0.25) is 0 Å². The molecule has 0 saturated heterocycles. The van der Waals surface area contributed by atoms with E-state index < -0.39 is 10.0 Å². The van der Waals surface area contributed by atoms with E-state index in [1.807, 2.05) is 18.2 Å². The van der Waals surface area contributed by atoms with Gasteiger partial charge in [-0.15, -0.1) is 0 Å². The van der Waals surface area contributed by atoms with Crippen LogP contribution < -0.4 is 4.72 Å². The van der Waals surface area contributed by atoms with E-state index >= 15 is 0 Å². The maximum atomic E-state index is 11.4. The Morgan fingerprint density at radius 3 is 2.33 bits per heavy atom. The monoisotopic (exact) mass is 303 g/mol. The average molecular weight is 303 g/mol. The Morgan fingerprint density at radius 2 is 1.71 bits per heavy atom. The quantitative estimate of drug-likeness (QED) is 0.922. The van der Waals surface area contributed by atoms with Crippen LogP contribution in [-0.2, 0) is 10.0 Å². The molecule has 0 aliphatic heterocycles. The van der Waals surface area contributed by atoms with E-state index in [-0.39, 0.29) is 0 Å². The van der Waals surface area contributed by atoms with E-state index in [0.29, 0.717) is 11.6 Å². The molecule has 0 radical (unpaired) electrons. The van der Waals surface area contributed by atoms with Gasteiger partial charge >= 0.3 is 0 Å². The van der Waals surface area contributed by atoms with Crippen LogP contribution in [0.15, 0.2) is 42.5 Å². The van der Waals surface area contributed by atoms with Crippen molar-refractivity contribution in [1.82, 2.24) is 0 Å². The van der Waals surface area contributed by atoms with Crippen LogP contribution in [0.3, 0.4) is 0 Å². The van der Waals surface area contributed by atoms with Crippen molar-refractivity contribution in [2.24, 2.45) is 0 Å². The van der Waals surface area contributed by atoms with Gasteiger partial charge in [0.15, 0.2) is 0 Å². The molecule has 0 spiro atoms. The fourth-order valence-corrected chi connectivity index (χ4v) is 3.07. The Hall–Kier alpha value is -1.81. The first kappa shape index (κ1) is 15.6. The molecule has 0 amide bonds. The molecule has 0 bridgehead atoms. The smallest absolute Gasteiger partial charge is 0.229 e. The van der Waals surface area contributed by atoms with E-state index in [4.69, 9.17) is 0 Å². The predicted molar refractivity (Wildman–Crippen MR) is 89.2 cm³/mol. The number of aryl methyl sites for hydroxylation is 1. The van der Waals surface area contributed by atoms with Crippen LogP contribution >= 0.6 is 0 Å². The van der Waals surface area contributed by atoms with E-state index in [0.717, 1.165) is 11.8 Å². The minimum absolute atomic E-state index is 0.409. The van der Waals surface area contributed by atoms with Crippen molar-refractivity contribution >= 4 is 15.7 Å². The summed E-state index contributed by atoms with van der Waals surface area (Å²) in [5, 5.41) is 0. The lowest BCUT2D eigenvalue weighted by Gasteiger charge is -2.16. The summed E-state index contributed by atoms with van der Waals surface area (Å²) in [6, 6.07) is 13.8. The summed E-state index contributed by atoms with van der Waals surface area (Å²) in [6.07, 6.45) is 1.16. The van der Waals surface area contributed by atoms with Crippen LogP contribution in [0.25, 0.3) is 11.1 Å². The Bertz CT molecular complexity index is 749. The van der Waals surface area contributed by atoms with Crippen LogP contribution in [0.5, 0.6) is 0 Å². The summed E-state index contributed by atoms with van der Waals surface area (Å²) in [5.74, 6) is 0.409. The molecule has 112 valence electrons. The number of benzene rings is 2. The van der Waals surface area contributed by atoms with Crippen molar-refractivity contribution in [3.05, 3.63) is 53.6 Å². The lowest BCUT2D eigenvalue weighted by Crippen LogP contribution is -2.09. The Morgan fingerprint density at radius 1 is 1.05 bits per heavy atom. The zero-order valence-electron chi connectivity index (χ0n) is 12.8. The molecule has 0 atom stereocenters. The van der Waals surface area contributed by atoms with Crippen LogP contribution in [0, 0.1) is 6.92 Å². The van der Waals surface area contributed by atoms with E-state index in [2.05, 4.69) is 43.7 Å². The first-order valence-electron chi connectivity index (χ1n) is 6.95. The maximum Gasteiger partial charge on any atom is 0.229 e. The molecule has 3 nitrogen and oxygen atoms in total. The summed E-state index contributed by atoms with van der Waals surface area (Å²) in [6.45, 7) is 6.41. The lowest BCUT2D eigenvalue weighted by atomic mass is 9.89. The minimum atomic E-state index is -3.26. The van der Waals surface area contributed by atoms with Gasteiger partial charge in [0.25, 0.3) is 0 Å². The molecular formula is C17H21NO2S. The summed E-state index contributed by atoms with van der Waals surface area (Å²) in [4.78, 5) is 0. The molecular weight excluding hydrogens is 282 g/mol. The molecule has 0 fully saturated rings. The maximum absolute atomic E-state index is 11.4. The van der Waals surface area contributed by atoms with Crippen molar-refractivity contribution in [3.63, 3.8) is 0 Å². The molecule has 4 heteroatoms. The molecule has 0 unspecified atom stereocenters. The third-order valence-corrected chi connectivity index (χ3v) is 3.99. The predicted octanol–water partition coefficient (Wildman–Crippen LogP) is 4.16. The van der Waals surface area contributed by atoms with Gasteiger partial charge in [-0.1, -0.05) is 44.2 Å². The normalized spacial score (nSPS) is 11.7. The molecule has 2 rings (SSSR count). The second-order valence-corrected chi connectivity index (χ2v) is 7.40. The van der Waals surface area contributed by atoms with E-state index in [1.165, 1.54) is 16.7 Å². The van der Waals surface area contributed by atoms with Crippen molar-refractivity contribution in [2.75, 3.05) is 11.0 Å². The standard InChI is InChI=1S/C17H21NO2S/c1-12(2)16-10-5-7-13(3)17(16)14-8-6-9-15(11-14)18-21(4,19)20/h5-12,18H,1-4H3. The summed E-state index contributed by atoms with van der Waals surface area (Å²) >= 11 is 0. The lowest BCUT2D eigenvalue weighted by molar-refractivity contribution is 0.607. The molecule has 0 saturated carbocycles. The van der Waals surface area contributed by atoms with E-state index in [1.54, 1.807) is 6.07 Å². The van der Waals surface area contributed by atoms with Crippen molar-refractivity contribution in [1.29, 1.82) is 0 Å². The molecule has 21 heavy (non-hydrogen) atoms. The fraction of sp³-hybridized carbons (Fsp3) is 0.294. The SMILES string of the molecule is Cc1cccc(C(C)C)c1-c1cccc(NS(C)(=O)=O)c1. The molecule has 1 N–H and O–H groups in total. The van der Waals surface area contributed by atoms with Gasteiger partial charge in [-0.3, -0.25) is 4.72 Å². The summed E-state index contributed by atoms with van der Waals surface area (Å²) in [7, 11) is -3.26. The molecule has 2 aromatic rings. The fourth-order valence-electron chi connectivity index (χ4n) is 2.52. The van der Waals surface area contributed by atoms with Gasteiger partial charge in [-0.25, -0.2) is 8.42 Å². The highest BCUT2D eigenvalue weighted by Crippen LogP contribution is 2.33. The number of nitrogens with one attached hydrogen (secondary N) is 1. The Kier molecular flexibility index (Phi) is 4.37. The number of hydrogen-bond acceptors (Lipinski definition) is 2. The van der Waals surface area contributed by atoms with Gasteiger partial charge in [-0.2, -0.15) is 0 Å². The van der Waals surface area contributed by atoms with Crippen molar-refractivity contribution in [3.8, 4) is 11.1 Å². The van der Waals surface area contributed by atoms with Crippen LogP contribution in [0.4, 0.5) is 5.69 Å². The molecule has 0 heterocycles. The highest BCUT2D eigenvalue weighted by atomic mass is 32.2. The second kappa shape index (κ2) is 5.90. The first-order valence-corrected chi connectivity index (χ1v) is 8.85. The van der Waals surface area contributed by atoms with Gasteiger partial charge in [-0.05, 0) is 47.2 Å². The van der Waals surface area contributed by atoms with Gasteiger partial charge in [0, 0.05) is 5.69 Å². The van der Waals surface area contributed by atoms with Crippen LogP contribution in [0.1, 0.15) is 30.9 Å². The van der Waals surface area contributed by atoms with Gasteiger partial charge in [0.1, 0.15) is 0 Å². The molecule has 0 aliphatic rings. The highest BCUT2D eigenvalue weighted by molar-refractivity contribution is 7.92. The number of anilines is 1. The Labute approximate surface area is 127 Å². The largest absolute Gasteiger partial charge is 0.284 e. The topological polar surface area (TPSA) is 46.2 Å². The van der Waals surface area contributed by atoms with Gasteiger partial charge < -0.3 is 0 Å². The van der Waals surface area contributed by atoms with Gasteiger partial charge in [0.2, 0.25) is 10.0 Å². The Balaban J connectivity index is 2.55. The zero-order chi connectivity index (χ0) is 15.6. The third-order valence-electron chi connectivity index (χ3n) is 3.38. The van der Waals surface area contributed by atoms with Crippen molar-refractivity contribution in [2.45, 2.75) is 26.7 Å². The van der Waals surface area contributed by atoms with E-state index in [9.17, 15) is 8.42 Å². The van der Waals surface area contributed by atoms with Crippen molar-refractivity contribution < 1.29 is 8.42 Å².